The van der Waals surface area contributed by atoms with Crippen LogP contribution in [0.25, 0.3) is 10.1 Å². The van der Waals surface area contributed by atoms with Crippen LogP contribution in [0.3, 0.4) is 0 Å². The van der Waals surface area contributed by atoms with Crippen LogP contribution in [0.15, 0.2) is 24.3 Å². The minimum Gasteiger partial charge on any atom is -0.388 e. The first-order chi connectivity index (χ1) is 8.98. The number of carbonyl (C=O) groups is 1. The highest BCUT2D eigenvalue weighted by Crippen LogP contribution is 2.36. The van der Waals surface area contributed by atoms with Crippen LogP contribution in [0.1, 0.15) is 23.0 Å². The average molecular weight is 296 g/mol. The molecule has 0 aliphatic carbocycles. The topological polar surface area (TPSA) is 40.5 Å². The highest BCUT2D eigenvalue weighted by molar-refractivity contribution is 7.21. The van der Waals surface area contributed by atoms with Crippen molar-refractivity contribution in [3.05, 3.63) is 34.2 Å². The van der Waals surface area contributed by atoms with Crippen molar-refractivity contribution in [3.63, 3.8) is 0 Å². The molecule has 0 saturated carbocycles. The first-order valence-corrected chi connectivity index (χ1v) is 7.36. The molecule has 100 valence electrons. The van der Waals surface area contributed by atoms with Gasteiger partial charge < -0.3 is 10.0 Å². The van der Waals surface area contributed by atoms with Gasteiger partial charge in [-0.3, -0.25) is 4.79 Å². The van der Waals surface area contributed by atoms with Gasteiger partial charge in [-0.2, -0.15) is 0 Å². The van der Waals surface area contributed by atoms with Gasteiger partial charge in [-0.05, 0) is 19.4 Å². The Morgan fingerprint density at radius 2 is 2.21 bits per heavy atom. The Bertz CT molecular complexity index is 650. The van der Waals surface area contributed by atoms with Crippen LogP contribution < -0.4 is 0 Å². The molecule has 5 heteroatoms. The lowest BCUT2D eigenvalue weighted by Crippen LogP contribution is -2.33. The third-order valence-corrected chi connectivity index (χ3v) is 5.13. The first-order valence-electron chi connectivity index (χ1n) is 6.17. The lowest BCUT2D eigenvalue weighted by Gasteiger charge is -2.18. The molecule has 1 N–H and O–H groups in total. The molecular weight excluding hydrogens is 282 g/mol. The van der Waals surface area contributed by atoms with Crippen LogP contribution in [0.2, 0.25) is 5.02 Å². The smallest absolute Gasteiger partial charge is 0.265 e. The van der Waals surface area contributed by atoms with Crippen molar-refractivity contribution in [1.29, 1.82) is 0 Å². The molecule has 1 amide bonds. The predicted molar refractivity (Wildman–Crippen MR) is 78.0 cm³/mol. The molecule has 1 fully saturated rings. The summed E-state index contributed by atoms with van der Waals surface area (Å²) in [5.74, 6) is -0.0797. The summed E-state index contributed by atoms with van der Waals surface area (Å²) in [6.07, 6.45) is 0.612. The van der Waals surface area contributed by atoms with Crippen LogP contribution in [0.4, 0.5) is 0 Å². The number of thiophene rings is 1. The Morgan fingerprint density at radius 3 is 2.84 bits per heavy atom. The Kier molecular flexibility index (Phi) is 3.04. The van der Waals surface area contributed by atoms with E-state index in [1.54, 1.807) is 11.8 Å². The number of amides is 1. The average Bonchev–Trinajstić information content (AvgIpc) is 2.90. The van der Waals surface area contributed by atoms with Crippen molar-refractivity contribution in [2.75, 3.05) is 13.1 Å². The normalized spacial score (nSPS) is 23.2. The Balaban J connectivity index is 1.96. The van der Waals surface area contributed by atoms with Gasteiger partial charge in [-0.25, -0.2) is 0 Å². The van der Waals surface area contributed by atoms with Gasteiger partial charge in [0.15, 0.2) is 0 Å². The molecule has 2 heterocycles. The Morgan fingerprint density at radius 1 is 1.47 bits per heavy atom. The van der Waals surface area contributed by atoms with E-state index in [2.05, 4.69) is 0 Å². The van der Waals surface area contributed by atoms with Gasteiger partial charge >= 0.3 is 0 Å². The van der Waals surface area contributed by atoms with Crippen molar-refractivity contribution in [1.82, 2.24) is 4.90 Å². The minimum absolute atomic E-state index is 0.0797. The largest absolute Gasteiger partial charge is 0.388 e. The molecule has 0 spiro atoms. The number of fused-ring (bicyclic) bond motifs is 1. The molecule has 3 nitrogen and oxygen atoms in total. The SMILES string of the molecule is CC1(O)CCN(C(=O)c2sc3ccccc3c2Cl)C1. The molecule has 19 heavy (non-hydrogen) atoms. The number of β-amino-alcohol motifs (C(OH)–C–C–N with tert-alkyl or cyclic N) is 1. The molecule has 1 aliphatic rings. The second kappa shape index (κ2) is 4.47. The van der Waals surface area contributed by atoms with E-state index < -0.39 is 5.60 Å². The molecule has 0 bridgehead atoms. The molecule has 0 radical (unpaired) electrons. The summed E-state index contributed by atoms with van der Waals surface area (Å²) in [4.78, 5) is 14.7. The number of benzene rings is 1. The van der Waals surface area contributed by atoms with Crippen molar-refractivity contribution < 1.29 is 9.90 Å². The van der Waals surface area contributed by atoms with E-state index in [0.29, 0.717) is 29.4 Å². The minimum atomic E-state index is -0.779. The number of aliphatic hydroxyl groups is 1. The number of carbonyl (C=O) groups excluding carboxylic acids is 1. The summed E-state index contributed by atoms with van der Waals surface area (Å²) in [5.41, 5.74) is -0.779. The molecule has 1 aliphatic heterocycles. The fourth-order valence-corrected chi connectivity index (χ4v) is 3.89. The fraction of sp³-hybridized carbons (Fsp3) is 0.357. The van der Waals surface area contributed by atoms with Gasteiger partial charge in [0, 0.05) is 23.2 Å². The van der Waals surface area contributed by atoms with Crippen LogP contribution in [0.5, 0.6) is 0 Å². The van der Waals surface area contributed by atoms with Crippen molar-refractivity contribution in [3.8, 4) is 0 Å². The zero-order valence-electron chi connectivity index (χ0n) is 10.5. The number of hydrogen-bond donors (Lipinski definition) is 1. The van der Waals surface area contributed by atoms with E-state index in [1.807, 2.05) is 24.3 Å². The van der Waals surface area contributed by atoms with Gasteiger partial charge in [0.2, 0.25) is 0 Å². The Hall–Kier alpha value is -1.10. The van der Waals surface area contributed by atoms with Crippen molar-refractivity contribution in [2.24, 2.45) is 0 Å². The first kappa shape index (κ1) is 12.9. The fourth-order valence-electron chi connectivity index (χ4n) is 2.41. The Labute approximate surface area is 120 Å². The molecule has 1 saturated heterocycles. The second-order valence-electron chi connectivity index (χ2n) is 5.21. The predicted octanol–water partition coefficient (Wildman–Crippen LogP) is 3.15. The number of rotatable bonds is 1. The van der Waals surface area contributed by atoms with E-state index in [-0.39, 0.29) is 5.91 Å². The second-order valence-corrected chi connectivity index (χ2v) is 6.65. The van der Waals surface area contributed by atoms with Crippen LogP contribution in [0, 0.1) is 0 Å². The maximum atomic E-state index is 12.5. The molecular formula is C14H14ClNO2S. The quantitative estimate of drug-likeness (QED) is 0.878. The van der Waals surface area contributed by atoms with Crippen molar-refractivity contribution in [2.45, 2.75) is 18.9 Å². The molecule has 1 atom stereocenters. The summed E-state index contributed by atoms with van der Waals surface area (Å²) >= 11 is 7.72. The summed E-state index contributed by atoms with van der Waals surface area (Å²) in [5, 5.41) is 11.4. The van der Waals surface area contributed by atoms with Gasteiger partial charge in [0.1, 0.15) is 4.88 Å². The number of hydrogen-bond acceptors (Lipinski definition) is 3. The van der Waals surface area contributed by atoms with Gasteiger partial charge in [-0.1, -0.05) is 29.8 Å². The van der Waals surface area contributed by atoms with Gasteiger partial charge in [0.25, 0.3) is 5.91 Å². The van der Waals surface area contributed by atoms with Crippen LogP contribution >= 0.6 is 22.9 Å². The summed E-state index contributed by atoms with van der Waals surface area (Å²) in [7, 11) is 0. The molecule has 1 aromatic carbocycles. The van der Waals surface area contributed by atoms with Crippen LogP contribution in [-0.4, -0.2) is 34.6 Å². The van der Waals surface area contributed by atoms with Gasteiger partial charge in [-0.15, -0.1) is 11.3 Å². The monoisotopic (exact) mass is 295 g/mol. The summed E-state index contributed by atoms with van der Waals surface area (Å²) in [6.45, 7) is 2.71. The molecule has 1 aromatic heterocycles. The lowest BCUT2D eigenvalue weighted by molar-refractivity contribution is 0.0575. The highest BCUT2D eigenvalue weighted by atomic mass is 35.5. The van der Waals surface area contributed by atoms with E-state index in [4.69, 9.17) is 11.6 Å². The number of halogens is 1. The van der Waals surface area contributed by atoms with Gasteiger partial charge in [0.05, 0.1) is 10.6 Å². The highest BCUT2D eigenvalue weighted by Gasteiger charge is 2.35. The zero-order chi connectivity index (χ0) is 13.6. The standard InChI is InChI=1S/C14H14ClNO2S/c1-14(18)6-7-16(8-14)13(17)12-11(15)9-4-2-3-5-10(9)19-12/h2-5,18H,6-8H2,1H3. The van der Waals surface area contributed by atoms with E-state index in [1.165, 1.54) is 11.3 Å². The van der Waals surface area contributed by atoms with E-state index in [9.17, 15) is 9.90 Å². The third-order valence-electron chi connectivity index (χ3n) is 3.47. The van der Waals surface area contributed by atoms with E-state index in [0.717, 1.165) is 10.1 Å². The third kappa shape index (κ3) is 2.24. The molecule has 1 unspecified atom stereocenters. The number of likely N-dealkylation sites (tertiary alicyclic amines) is 1. The molecule has 2 aromatic rings. The van der Waals surface area contributed by atoms with Crippen molar-refractivity contribution >= 4 is 38.9 Å². The summed E-state index contributed by atoms with van der Waals surface area (Å²) < 4.78 is 1.02. The molecule has 3 rings (SSSR count). The summed E-state index contributed by atoms with van der Waals surface area (Å²) in [6, 6.07) is 7.73. The lowest BCUT2D eigenvalue weighted by atomic mass is 10.1. The number of nitrogens with zero attached hydrogens (tertiary/aromatic N) is 1. The zero-order valence-corrected chi connectivity index (χ0v) is 12.1. The maximum absolute atomic E-state index is 12.5. The van der Waals surface area contributed by atoms with Crippen LogP contribution in [-0.2, 0) is 0 Å². The van der Waals surface area contributed by atoms with E-state index >= 15 is 0 Å². The maximum Gasteiger partial charge on any atom is 0.265 e.